The fourth-order valence-corrected chi connectivity index (χ4v) is 3.18. The van der Waals surface area contributed by atoms with Gasteiger partial charge in [0.1, 0.15) is 0 Å². The van der Waals surface area contributed by atoms with Crippen LogP contribution in [0.1, 0.15) is 45.4 Å². The molecule has 1 aliphatic heterocycles. The summed E-state index contributed by atoms with van der Waals surface area (Å²) in [6, 6.07) is 0. The van der Waals surface area contributed by atoms with Gasteiger partial charge in [0.05, 0.1) is 0 Å². The quantitative estimate of drug-likeness (QED) is 0.830. The van der Waals surface area contributed by atoms with Gasteiger partial charge in [0.2, 0.25) is 0 Å². The maximum absolute atomic E-state index is 5.84. The summed E-state index contributed by atoms with van der Waals surface area (Å²) in [5.74, 6) is 0.985. The Morgan fingerprint density at radius 2 is 1.94 bits per heavy atom. The lowest BCUT2D eigenvalue weighted by atomic mass is 9.88. The number of halogens is 1. The van der Waals surface area contributed by atoms with E-state index in [1.807, 2.05) is 0 Å². The Labute approximate surface area is 106 Å². The Balaban J connectivity index is 0.00000128. The number of hydrogen-bond donors (Lipinski definition) is 1. The van der Waals surface area contributed by atoms with Crippen LogP contribution >= 0.6 is 12.4 Å². The van der Waals surface area contributed by atoms with Crippen LogP contribution in [0.3, 0.4) is 0 Å². The van der Waals surface area contributed by atoms with E-state index in [-0.39, 0.29) is 12.4 Å². The molecule has 1 aliphatic carbocycles. The standard InChI is InChI=1S/C13H26N2.ClH/c1-13(10-14)7-8-15(11-13)9-12-5-3-2-4-6-12;/h12H,2-11,14H2,1H3;1H. The van der Waals surface area contributed by atoms with Crippen LogP contribution in [0.4, 0.5) is 0 Å². The summed E-state index contributed by atoms with van der Waals surface area (Å²) in [5.41, 5.74) is 6.25. The minimum absolute atomic E-state index is 0. The van der Waals surface area contributed by atoms with E-state index in [0.29, 0.717) is 5.41 Å². The number of nitrogens with zero attached hydrogens (tertiary/aromatic N) is 1. The summed E-state index contributed by atoms with van der Waals surface area (Å²) in [7, 11) is 0. The van der Waals surface area contributed by atoms with Crippen LogP contribution in [-0.2, 0) is 0 Å². The van der Waals surface area contributed by atoms with Crippen molar-refractivity contribution >= 4 is 12.4 Å². The average molecular weight is 247 g/mol. The number of nitrogens with two attached hydrogens (primary N) is 1. The molecular formula is C13H27ClN2. The Kier molecular flexibility index (Phi) is 5.55. The normalized spacial score (nSPS) is 32.6. The lowest BCUT2D eigenvalue weighted by Gasteiger charge is -2.28. The Bertz CT molecular complexity index is 204. The van der Waals surface area contributed by atoms with Crippen molar-refractivity contribution in [3.63, 3.8) is 0 Å². The molecule has 96 valence electrons. The van der Waals surface area contributed by atoms with Crippen LogP contribution < -0.4 is 5.73 Å². The van der Waals surface area contributed by atoms with Crippen LogP contribution in [0.15, 0.2) is 0 Å². The van der Waals surface area contributed by atoms with Crippen molar-refractivity contribution in [3.8, 4) is 0 Å². The van der Waals surface area contributed by atoms with Crippen molar-refractivity contribution in [2.45, 2.75) is 45.4 Å². The molecule has 2 fully saturated rings. The molecule has 3 heteroatoms. The van der Waals surface area contributed by atoms with Gasteiger partial charge in [-0.05, 0) is 43.7 Å². The molecule has 0 aromatic heterocycles. The molecule has 1 atom stereocenters. The van der Waals surface area contributed by atoms with Crippen molar-refractivity contribution in [2.75, 3.05) is 26.2 Å². The van der Waals surface area contributed by atoms with Crippen LogP contribution in [0.5, 0.6) is 0 Å². The van der Waals surface area contributed by atoms with Gasteiger partial charge in [0.25, 0.3) is 0 Å². The first kappa shape index (κ1) is 14.3. The van der Waals surface area contributed by atoms with Gasteiger partial charge in [-0.3, -0.25) is 0 Å². The molecule has 0 spiro atoms. The van der Waals surface area contributed by atoms with E-state index >= 15 is 0 Å². The highest BCUT2D eigenvalue weighted by Crippen LogP contribution is 2.31. The highest BCUT2D eigenvalue weighted by atomic mass is 35.5. The highest BCUT2D eigenvalue weighted by molar-refractivity contribution is 5.85. The smallest absolute Gasteiger partial charge is 0.00480 e. The number of hydrogen-bond acceptors (Lipinski definition) is 2. The molecule has 16 heavy (non-hydrogen) atoms. The molecule has 0 bridgehead atoms. The van der Waals surface area contributed by atoms with Gasteiger partial charge in [-0.15, -0.1) is 12.4 Å². The second kappa shape index (κ2) is 6.23. The molecule has 1 saturated carbocycles. The average Bonchev–Trinajstić information content (AvgIpc) is 2.63. The third kappa shape index (κ3) is 3.61. The molecule has 2 rings (SSSR count). The molecule has 2 nitrogen and oxygen atoms in total. The molecule has 2 aliphatic rings. The fraction of sp³-hybridized carbons (Fsp3) is 1.00. The topological polar surface area (TPSA) is 29.3 Å². The van der Waals surface area contributed by atoms with Crippen molar-refractivity contribution in [2.24, 2.45) is 17.1 Å². The highest BCUT2D eigenvalue weighted by Gasteiger charge is 2.33. The predicted molar refractivity (Wildman–Crippen MR) is 72.0 cm³/mol. The minimum Gasteiger partial charge on any atom is -0.330 e. The first-order chi connectivity index (χ1) is 7.22. The minimum atomic E-state index is 0. The van der Waals surface area contributed by atoms with E-state index in [9.17, 15) is 0 Å². The molecule has 2 N–H and O–H groups in total. The van der Waals surface area contributed by atoms with Gasteiger partial charge >= 0.3 is 0 Å². The predicted octanol–water partition coefficient (Wildman–Crippen LogP) is 2.66. The SMILES string of the molecule is CC1(CN)CCN(CC2CCCCC2)C1.Cl. The van der Waals surface area contributed by atoms with Gasteiger partial charge in [-0.1, -0.05) is 26.2 Å². The van der Waals surface area contributed by atoms with E-state index in [1.54, 1.807) is 0 Å². The van der Waals surface area contributed by atoms with Gasteiger partial charge in [0.15, 0.2) is 0 Å². The van der Waals surface area contributed by atoms with E-state index in [4.69, 9.17) is 5.73 Å². The monoisotopic (exact) mass is 246 g/mol. The zero-order valence-electron chi connectivity index (χ0n) is 10.6. The molecule has 1 heterocycles. The summed E-state index contributed by atoms with van der Waals surface area (Å²) in [5, 5.41) is 0. The van der Waals surface area contributed by atoms with Gasteiger partial charge in [0, 0.05) is 13.1 Å². The second-order valence-corrected chi connectivity index (χ2v) is 6.00. The van der Waals surface area contributed by atoms with Gasteiger partial charge < -0.3 is 10.6 Å². The van der Waals surface area contributed by atoms with E-state index < -0.39 is 0 Å². The number of rotatable bonds is 3. The summed E-state index contributed by atoms with van der Waals surface area (Å²) in [4.78, 5) is 2.66. The van der Waals surface area contributed by atoms with Crippen molar-refractivity contribution in [3.05, 3.63) is 0 Å². The molecular weight excluding hydrogens is 220 g/mol. The molecule has 1 saturated heterocycles. The molecule has 0 amide bonds. The maximum Gasteiger partial charge on any atom is 0.00480 e. The van der Waals surface area contributed by atoms with E-state index in [2.05, 4.69) is 11.8 Å². The lowest BCUT2D eigenvalue weighted by Crippen LogP contribution is -2.34. The Morgan fingerprint density at radius 3 is 2.50 bits per heavy atom. The molecule has 0 aromatic carbocycles. The van der Waals surface area contributed by atoms with E-state index in [0.717, 1.165) is 12.5 Å². The third-order valence-electron chi connectivity index (χ3n) is 4.37. The third-order valence-corrected chi connectivity index (χ3v) is 4.37. The Morgan fingerprint density at radius 1 is 1.25 bits per heavy atom. The molecule has 1 unspecified atom stereocenters. The summed E-state index contributed by atoms with van der Waals surface area (Å²) < 4.78 is 0. The van der Waals surface area contributed by atoms with Crippen molar-refractivity contribution in [1.29, 1.82) is 0 Å². The van der Waals surface area contributed by atoms with Crippen molar-refractivity contribution in [1.82, 2.24) is 4.90 Å². The van der Waals surface area contributed by atoms with Gasteiger partial charge in [-0.25, -0.2) is 0 Å². The van der Waals surface area contributed by atoms with Crippen LogP contribution in [0.25, 0.3) is 0 Å². The van der Waals surface area contributed by atoms with Gasteiger partial charge in [-0.2, -0.15) is 0 Å². The van der Waals surface area contributed by atoms with Crippen molar-refractivity contribution < 1.29 is 0 Å². The molecule has 0 radical (unpaired) electrons. The fourth-order valence-electron chi connectivity index (χ4n) is 3.18. The Hall–Kier alpha value is 0.210. The summed E-state index contributed by atoms with van der Waals surface area (Å²) in [6.45, 7) is 7.06. The largest absolute Gasteiger partial charge is 0.330 e. The zero-order chi connectivity index (χ0) is 10.7. The van der Waals surface area contributed by atoms with Crippen LogP contribution in [0, 0.1) is 11.3 Å². The van der Waals surface area contributed by atoms with Crippen LogP contribution in [-0.4, -0.2) is 31.1 Å². The zero-order valence-corrected chi connectivity index (χ0v) is 11.4. The number of likely N-dealkylation sites (tertiary alicyclic amines) is 1. The molecule has 0 aromatic rings. The second-order valence-electron chi connectivity index (χ2n) is 6.00. The first-order valence-electron chi connectivity index (χ1n) is 6.64. The lowest BCUT2D eigenvalue weighted by molar-refractivity contribution is 0.213. The maximum atomic E-state index is 5.84. The van der Waals surface area contributed by atoms with E-state index in [1.165, 1.54) is 58.2 Å². The summed E-state index contributed by atoms with van der Waals surface area (Å²) >= 11 is 0. The summed E-state index contributed by atoms with van der Waals surface area (Å²) in [6.07, 6.45) is 8.64. The van der Waals surface area contributed by atoms with Crippen LogP contribution in [0.2, 0.25) is 0 Å². The first-order valence-corrected chi connectivity index (χ1v) is 6.64.